The van der Waals surface area contributed by atoms with E-state index in [0.717, 1.165) is 11.0 Å². The van der Waals surface area contributed by atoms with Gasteiger partial charge in [0.1, 0.15) is 11.0 Å². The Bertz CT molecular complexity index is 1250. The van der Waals surface area contributed by atoms with Crippen LogP contribution in [0.3, 0.4) is 0 Å². The Balaban J connectivity index is 1.49. The minimum atomic E-state index is -3.57. The van der Waals surface area contributed by atoms with Crippen LogP contribution in [-0.2, 0) is 19.6 Å². The van der Waals surface area contributed by atoms with Crippen LogP contribution in [0.4, 0.5) is 11.6 Å². The van der Waals surface area contributed by atoms with E-state index < -0.39 is 15.9 Å². The van der Waals surface area contributed by atoms with Gasteiger partial charge in [0.05, 0.1) is 17.9 Å². The third kappa shape index (κ3) is 4.23. The SMILES string of the molecule is CCN(CC)S(=O)(=O)c1ccc(N2CC(C(=O)N(C)c3[nH]c4ccccc4[nH+]3)CC2=O)cc1. The number of para-hydroxylation sites is 2. The number of amides is 2. The summed E-state index contributed by atoms with van der Waals surface area (Å²) in [6.45, 7) is 4.59. The first kappa shape index (κ1) is 22.9. The molecule has 0 bridgehead atoms. The Labute approximate surface area is 193 Å². The number of benzene rings is 2. The van der Waals surface area contributed by atoms with E-state index in [0.29, 0.717) is 24.7 Å². The van der Waals surface area contributed by atoms with E-state index in [4.69, 9.17) is 0 Å². The molecule has 33 heavy (non-hydrogen) atoms. The van der Waals surface area contributed by atoms with Crippen LogP contribution in [0.1, 0.15) is 20.3 Å². The van der Waals surface area contributed by atoms with Crippen molar-refractivity contribution in [2.45, 2.75) is 25.2 Å². The number of H-pyrrole nitrogens is 2. The van der Waals surface area contributed by atoms with Gasteiger partial charge in [0.2, 0.25) is 15.9 Å². The molecule has 0 aliphatic carbocycles. The lowest BCUT2D eigenvalue weighted by Gasteiger charge is -2.20. The number of nitrogens with zero attached hydrogens (tertiary/aromatic N) is 3. The van der Waals surface area contributed by atoms with Crippen LogP contribution in [0.25, 0.3) is 11.0 Å². The molecule has 1 fully saturated rings. The molecule has 174 valence electrons. The number of fused-ring (bicyclic) bond motifs is 1. The van der Waals surface area contributed by atoms with Gasteiger partial charge in [0.15, 0.2) is 0 Å². The van der Waals surface area contributed by atoms with E-state index in [9.17, 15) is 18.0 Å². The Kier molecular flexibility index (Phi) is 6.22. The van der Waals surface area contributed by atoms with Gasteiger partial charge in [-0.3, -0.25) is 9.59 Å². The molecule has 2 amide bonds. The Morgan fingerprint density at radius 1 is 1.12 bits per heavy atom. The topological polar surface area (TPSA) is 108 Å². The van der Waals surface area contributed by atoms with E-state index in [1.807, 2.05) is 24.3 Å². The normalized spacial score (nSPS) is 16.7. The summed E-state index contributed by atoms with van der Waals surface area (Å²) < 4.78 is 26.8. The van der Waals surface area contributed by atoms with Gasteiger partial charge in [0.25, 0.3) is 5.91 Å². The van der Waals surface area contributed by atoms with Gasteiger partial charge in [-0.15, -0.1) is 0 Å². The summed E-state index contributed by atoms with van der Waals surface area (Å²) in [5.41, 5.74) is 2.35. The van der Waals surface area contributed by atoms with Crippen molar-refractivity contribution in [1.82, 2.24) is 9.29 Å². The smallest absolute Gasteiger partial charge is 0.312 e. The number of carbonyl (C=O) groups is 2. The Morgan fingerprint density at radius 2 is 1.79 bits per heavy atom. The lowest BCUT2D eigenvalue weighted by atomic mass is 10.1. The van der Waals surface area contributed by atoms with Crippen molar-refractivity contribution in [2.75, 3.05) is 36.5 Å². The molecule has 3 aromatic rings. The highest BCUT2D eigenvalue weighted by atomic mass is 32.2. The van der Waals surface area contributed by atoms with E-state index in [2.05, 4.69) is 9.97 Å². The summed E-state index contributed by atoms with van der Waals surface area (Å²) in [5.74, 6) is -0.282. The molecule has 1 aromatic heterocycles. The zero-order valence-corrected chi connectivity index (χ0v) is 19.7. The molecule has 2 N–H and O–H groups in total. The second-order valence-electron chi connectivity index (χ2n) is 8.03. The predicted octanol–water partition coefficient (Wildman–Crippen LogP) is 2.03. The summed E-state index contributed by atoms with van der Waals surface area (Å²) in [4.78, 5) is 35.4. The molecule has 0 saturated carbocycles. The van der Waals surface area contributed by atoms with Crippen molar-refractivity contribution in [1.29, 1.82) is 0 Å². The highest BCUT2D eigenvalue weighted by molar-refractivity contribution is 7.89. The highest BCUT2D eigenvalue weighted by Gasteiger charge is 2.39. The van der Waals surface area contributed by atoms with Crippen molar-refractivity contribution in [2.24, 2.45) is 5.92 Å². The van der Waals surface area contributed by atoms with Crippen molar-refractivity contribution in [3.63, 3.8) is 0 Å². The zero-order valence-electron chi connectivity index (χ0n) is 18.9. The van der Waals surface area contributed by atoms with Gasteiger partial charge in [0, 0.05) is 31.7 Å². The number of hydrogen-bond acceptors (Lipinski definition) is 4. The average Bonchev–Trinajstić information content (AvgIpc) is 3.42. The lowest BCUT2D eigenvalue weighted by molar-refractivity contribution is -0.329. The van der Waals surface area contributed by atoms with Gasteiger partial charge < -0.3 is 4.90 Å². The largest absolute Gasteiger partial charge is 0.362 e. The number of aromatic nitrogens is 2. The fourth-order valence-electron chi connectivity index (χ4n) is 4.17. The van der Waals surface area contributed by atoms with Crippen molar-refractivity contribution < 1.29 is 23.0 Å². The first-order chi connectivity index (χ1) is 15.8. The number of carbonyl (C=O) groups excluding carboxylic acids is 2. The molecular formula is C23H28N5O4S+. The molecular weight excluding hydrogens is 442 g/mol. The maximum Gasteiger partial charge on any atom is 0.362 e. The number of rotatable bonds is 7. The fraction of sp³-hybridized carbons (Fsp3) is 0.348. The molecule has 1 unspecified atom stereocenters. The Morgan fingerprint density at radius 3 is 2.42 bits per heavy atom. The molecule has 10 heteroatoms. The van der Waals surface area contributed by atoms with Gasteiger partial charge in [-0.1, -0.05) is 26.0 Å². The van der Waals surface area contributed by atoms with Crippen LogP contribution >= 0.6 is 0 Å². The molecule has 0 radical (unpaired) electrons. The Hall–Kier alpha value is -3.24. The molecule has 1 saturated heterocycles. The van der Waals surface area contributed by atoms with E-state index in [1.165, 1.54) is 21.3 Å². The first-order valence-electron chi connectivity index (χ1n) is 10.9. The number of nitrogens with one attached hydrogen (secondary N) is 2. The lowest BCUT2D eigenvalue weighted by Crippen LogP contribution is -2.37. The predicted molar refractivity (Wildman–Crippen MR) is 125 cm³/mol. The van der Waals surface area contributed by atoms with Crippen LogP contribution in [0.2, 0.25) is 0 Å². The highest BCUT2D eigenvalue weighted by Crippen LogP contribution is 2.28. The number of hydrogen-bond donors (Lipinski definition) is 1. The minimum Gasteiger partial charge on any atom is -0.312 e. The first-order valence-corrected chi connectivity index (χ1v) is 12.4. The number of imidazole rings is 1. The average molecular weight is 471 g/mol. The maximum atomic E-state index is 13.1. The molecule has 4 rings (SSSR count). The minimum absolute atomic E-state index is 0.100. The summed E-state index contributed by atoms with van der Waals surface area (Å²) >= 11 is 0. The number of anilines is 2. The third-order valence-corrected chi connectivity index (χ3v) is 8.13. The third-order valence-electron chi connectivity index (χ3n) is 6.07. The fourth-order valence-corrected chi connectivity index (χ4v) is 5.63. The van der Waals surface area contributed by atoms with Gasteiger partial charge in [-0.25, -0.2) is 23.3 Å². The quantitative estimate of drug-likeness (QED) is 0.570. The van der Waals surface area contributed by atoms with Gasteiger partial charge in [-0.05, 0) is 36.4 Å². The van der Waals surface area contributed by atoms with E-state index in [1.54, 1.807) is 37.9 Å². The van der Waals surface area contributed by atoms with E-state index >= 15 is 0 Å². The van der Waals surface area contributed by atoms with Crippen LogP contribution in [-0.4, -0.2) is 56.2 Å². The number of aromatic amines is 2. The van der Waals surface area contributed by atoms with Crippen LogP contribution in [0.15, 0.2) is 53.4 Å². The van der Waals surface area contributed by atoms with Crippen LogP contribution in [0.5, 0.6) is 0 Å². The van der Waals surface area contributed by atoms with Crippen molar-refractivity contribution in [3.8, 4) is 0 Å². The summed E-state index contributed by atoms with van der Waals surface area (Å²) in [6, 6.07) is 13.9. The van der Waals surface area contributed by atoms with Crippen molar-refractivity contribution >= 4 is 44.5 Å². The molecule has 0 spiro atoms. The van der Waals surface area contributed by atoms with Crippen LogP contribution < -0.4 is 14.8 Å². The van der Waals surface area contributed by atoms with Gasteiger partial charge in [-0.2, -0.15) is 4.31 Å². The van der Waals surface area contributed by atoms with Gasteiger partial charge >= 0.3 is 5.95 Å². The summed E-state index contributed by atoms with van der Waals surface area (Å²) in [6.07, 6.45) is 0.100. The summed E-state index contributed by atoms with van der Waals surface area (Å²) in [7, 11) is -1.90. The summed E-state index contributed by atoms with van der Waals surface area (Å²) in [5, 5.41) is 0. The molecule has 1 atom stereocenters. The van der Waals surface area contributed by atoms with Crippen molar-refractivity contribution in [3.05, 3.63) is 48.5 Å². The second kappa shape index (κ2) is 8.95. The standard InChI is InChI=1S/C23H27N5O4S/c1-4-27(5-2)33(31,32)18-12-10-17(11-13-18)28-15-16(14-21(28)29)22(30)26(3)23-24-19-8-6-7-9-20(19)25-23/h6-13,16H,4-5,14-15H2,1-3H3,(H,24,25)/p+1. The molecule has 1 aliphatic rings. The molecule has 1 aliphatic heterocycles. The monoisotopic (exact) mass is 470 g/mol. The molecule has 2 heterocycles. The van der Waals surface area contributed by atoms with E-state index in [-0.39, 0.29) is 29.7 Å². The molecule has 2 aromatic carbocycles. The number of sulfonamides is 1. The molecule has 9 nitrogen and oxygen atoms in total. The maximum absolute atomic E-state index is 13.1. The van der Waals surface area contributed by atoms with Crippen LogP contribution in [0, 0.1) is 5.92 Å². The zero-order chi connectivity index (χ0) is 23.8. The second-order valence-corrected chi connectivity index (χ2v) is 9.97.